The van der Waals surface area contributed by atoms with Gasteiger partial charge >= 0.3 is 12.1 Å². The van der Waals surface area contributed by atoms with E-state index < -0.39 is 22.2 Å². The molecule has 9 nitrogen and oxygen atoms in total. The van der Waals surface area contributed by atoms with Crippen LogP contribution in [-0.2, 0) is 14.8 Å². The summed E-state index contributed by atoms with van der Waals surface area (Å²) in [6.07, 6.45) is -2.24. The zero-order valence-corrected chi connectivity index (χ0v) is 19.0. The number of hydrogen-bond donors (Lipinski definition) is 3. The first-order valence-corrected chi connectivity index (χ1v) is 11.4. The van der Waals surface area contributed by atoms with Crippen LogP contribution in [0.5, 0.6) is 0 Å². The summed E-state index contributed by atoms with van der Waals surface area (Å²) in [5.74, 6) is -3.03. The van der Waals surface area contributed by atoms with E-state index in [0.29, 0.717) is 16.9 Å². The molecule has 2 aromatic carbocycles. The first kappa shape index (κ1) is 26.4. The van der Waals surface area contributed by atoms with Gasteiger partial charge in [-0.15, -0.1) is 0 Å². The van der Waals surface area contributed by atoms with Gasteiger partial charge in [0.15, 0.2) is 0 Å². The van der Waals surface area contributed by atoms with Crippen molar-refractivity contribution >= 4 is 33.3 Å². The molecule has 0 fully saturated rings. The molecule has 0 unspecified atom stereocenters. The molecule has 3 aromatic rings. The molecule has 0 aliphatic carbocycles. The van der Waals surface area contributed by atoms with Gasteiger partial charge in [0.2, 0.25) is 10.0 Å². The Bertz CT molecular complexity index is 1270. The van der Waals surface area contributed by atoms with Crippen molar-refractivity contribution < 1.29 is 36.3 Å². The lowest BCUT2D eigenvalue weighted by atomic mass is 10.2. The number of halogens is 3. The molecule has 34 heavy (non-hydrogen) atoms. The van der Waals surface area contributed by atoms with Gasteiger partial charge in [0.05, 0.1) is 18.3 Å². The van der Waals surface area contributed by atoms with Gasteiger partial charge in [0.25, 0.3) is 5.91 Å². The average molecular weight is 498 g/mol. The van der Waals surface area contributed by atoms with Crippen LogP contribution in [0.25, 0.3) is 5.69 Å². The Hall–Kier alpha value is -3.87. The van der Waals surface area contributed by atoms with Gasteiger partial charge in [-0.1, -0.05) is 0 Å². The van der Waals surface area contributed by atoms with Gasteiger partial charge in [-0.05, 0) is 62.4 Å². The fraction of sp³-hybridized carbons (Fsp3) is 0.190. The summed E-state index contributed by atoms with van der Waals surface area (Å²) >= 11 is 0. The number of hydrogen-bond acceptors (Lipinski definition) is 5. The van der Waals surface area contributed by atoms with Crippen LogP contribution in [0.4, 0.5) is 24.5 Å². The SMILES string of the molecule is Cc1ncn(-c2ccc(NC(=O)c3ccc(NS(C)(=O)=O)cc3)cc2)c1C.O=C(O)C(F)(F)F. The third-order valence-corrected chi connectivity index (χ3v) is 4.95. The predicted molar refractivity (Wildman–Crippen MR) is 120 cm³/mol. The molecule has 3 N–H and O–H groups in total. The number of aryl methyl sites for hydroxylation is 1. The maximum absolute atomic E-state index is 12.4. The van der Waals surface area contributed by atoms with Gasteiger partial charge in [-0.2, -0.15) is 13.2 Å². The Kier molecular flexibility index (Phi) is 8.05. The van der Waals surface area contributed by atoms with E-state index in [1.807, 2.05) is 42.7 Å². The van der Waals surface area contributed by atoms with Gasteiger partial charge in [-0.3, -0.25) is 9.52 Å². The highest BCUT2D eigenvalue weighted by Gasteiger charge is 2.38. The monoisotopic (exact) mass is 498 g/mol. The number of nitrogens with one attached hydrogen (secondary N) is 2. The standard InChI is InChI=1S/C19H20N4O3S.C2HF3O2/c1-13-14(2)23(12-20-13)18-10-8-16(9-11-18)21-19(24)15-4-6-17(7-5-15)22-27(3,25)26;3-2(4,5)1(6)7/h4-12,22H,1-3H3,(H,21,24);(H,6,7). The second kappa shape index (κ2) is 10.4. The number of rotatable bonds is 5. The number of aromatic nitrogens is 2. The summed E-state index contributed by atoms with van der Waals surface area (Å²) in [4.78, 5) is 25.5. The smallest absolute Gasteiger partial charge is 0.475 e. The molecule has 0 radical (unpaired) electrons. The Morgan fingerprint density at radius 2 is 1.47 bits per heavy atom. The number of carboxylic acid groups (broad SMARTS) is 1. The second-order valence-corrected chi connectivity index (χ2v) is 8.79. The van der Waals surface area contributed by atoms with Crippen LogP contribution in [0.15, 0.2) is 54.9 Å². The second-order valence-electron chi connectivity index (χ2n) is 7.04. The maximum Gasteiger partial charge on any atom is 0.490 e. The van der Waals surface area contributed by atoms with Gasteiger partial charge in [0, 0.05) is 28.3 Å². The summed E-state index contributed by atoms with van der Waals surface area (Å²) in [6, 6.07) is 13.7. The molecule has 0 saturated heterocycles. The van der Waals surface area contributed by atoms with Gasteiger partial charge < -0.3 is 15.0 Å². The number of carboxylic acids is 1. The number of carbonyl (C=O) groups excluding carboxylic acids is 1. The molecule has 1 heterocycles. The van der Waals surface area contributed by atoms with Crippen molar-refractivity contribution in [2.45, 2.75) is 20.0 Å². The van der Waals surface area contributed by atoms with E-state index in [-0.39, 0.29) is 5.91 Å². The van der Waals surface area contributed by atoms with Crippen molar-refractivity contribution in [1.29, 1.82) is 0 Å². The van der Waals surface area contributed by atoms with Crippen molar-refractivity contribution in [2.24, 2.45) is 0 Å². The first-order chi connectivity index (χ1) is 15.7. The number of sulfonamides is 1. The van der Waals surface area contributed by atoms with Crippen LogP contribution in [0.1, 0.15) is 21.7 Å². The molecule has 0 bridgehead atoms. The normalized spacial score (nSPS) is 11.2. The molecule has 0 aliphatic heterocycles. The van der Waals surface area contributed by atoms with Crippen LogP contribution >= 0.6 is 0 Å². The zero-order chi connectivity index (χ0) is 25.7. The van der Waals surface area contributed by atoms with Crippen molar-refractivity contribution in [3.05, 3.63) is 71.8 Å². The van der Waals surface area contributed by atoms with Crippen LogP contribution in [-0.4, -0.2) is 47.4 Å². The van der Waals surface area contributed by atoms with Gasteiger partial charge in [-0.25, -0.2) is 18.2 Å². The number of nitrogens with zero attached hydrogens (tertiary/aromatic N) is 2. The molecule has 0 saturated carbocycles. The van der Waals surface area contributed by atoms with Crippen molar-refractivity contribution in [3.63, 3.8) is 0 Å². The summed E-state index contributed by atoms with van der Waals surface area (Å²) in [5, 5.41) is 9.95. The van der Waals surface area contributed by atoms with Crippen LogP contribution in [0.2, 0.25) is 0 Å². The van der Waals surface area contributed by atoms with E-state index in [0.717, 1.165) is 23.3 Å². The Balaban J connectivity index is 0.000000509. The highest BCUT2D eigenvalue weighted by atomic mass is 32.2. The molecular formula is C21H21F3N4O5S. The minimum atomic E-state index is -5.08. The summed E-state index contributed by atoms with van der Waals surface area (Å²) < 4.78 is 58.5. The minimum absolute atomic E-state index is 0.275. The number of carbonyl (C=O) groups is 2. The van der Waals surface area contributed by atoms with Crippen molar-refractivity contribution in [1.82, 2.24) is 9.55 Å². The number of alkyl halides is 3. The average Bonchev–Trinajstić information content (AvgIpc) is 3.06. The lowest BCUT2D eigenvalue weighted by Gasteiger charge is -2.09. The lowest BCUT2D eigenvalue weighted by Crippen LogP contribution is -2.21. The molecule has 1 aromatic heterocycles. The Morgan fingerprint density at radius 3 is 1.88 bits per heavy atom. The zero-order valence-electron chi connectivity index (χ0n) is 18.2. The van der Waals surface area contributed by atoms with E-state index in [4.69, 9.17) is 9.90 Å². The van der Waals surface area contributed by atoms with E-state index in [1.165, 1.54) is 0 Å². The molecule has 182 valence electrons. The summed E-state index contributed by atoms with van der Waals surface area (Å²) in [5.41, 5.74) is 4.50. The highest BCUT2D eigenvalue weighted by Crippen LogP contribution is 2.18. The molecule has 0 spiro atoms. The van der Waals surface area contributed by atoms with Crippen LogP contribution < -0.4 is 10.0 Å². The molecule has 3 rings (SSSR count). The molecular weight excluding hydrogens is 477 g/mol. The van der Waals surface area contributed by atoms with E-state index >= 15 is 0 Å². The molecule has 0 aliphatic rings. The van der Waals surface area contributed by atoms with Crippen LogP contribution in [0, 0.1) is 13.8 Å². The third kappa shape index (κ3) is 7.62. The Morgan fingerprint density at radius 1 is 0.971 bits per heavy atom. The van der Waals surface area contributed by atoms with E-state index in [1.54, 1.807) is 30.6 Å². The van der Waals surface area contributed by atoms with E-state index in [2.05, 4.69) is 15.0 Å². The molecule has 0 atom stereocenters. The minimum Gasteiger partial charge on any atom is -0.475 e. The van der Waals surface area contributed by atoms with Crippen molar-refractivity contribution in [3.8, 4) is 5.69 Å². The van der Waals surface area contributed by atoms with E-state index in [9.17, 15) is 26.4 Å². The maximum atomic E-state index is 12.4. The number of imidazole rings is 1. The first-order valence-electron chi connectivity index (χ1n) is 9.47. The Labute approximate surface area is 193 Å². The topological polar surface area (TPSA) is 130 Å². The summed E-state index contributed by atoms with van der Waals surface area (Å²) in [6.45, 7) is 3.96. The van der Waals surface area contributed by atoms with Gasteiger partial charge in [0.1, 0.15) is 0 Å². The number of anilines is 2. The predicted octanol–water partition coefficient (Wildman–Crippen LogP) is 3.75. The fourth-order valence-electron chi connectivity index (χ4n) is 2.57. The quantitative estimate of drug-likeness (QED) is 0.491. The molecule has 1 amide bonds. The largest absolute Gasteiger partial charge is 0.490 e. The number of amides is 1. The molecule has 13 heteroatoms. The fourth-order valence-corrected chi connectivity index (χ4v) is 3.14. The number of benzene rings is 2. The van der Waals surface area contributed by atoms with Crippen LogP contribution in [0.3, 0.4) is 0 Å². The highest BCUT2D eigenvalue weighted by molar-refractivity contribution is 7.92. The summed E-state index contributed by atoms with van der Waals surface area (Å²) in [7, 11) is -3.34. The lowest BCUT2D eigenvalue weighted by molar-refractivity contribution is -0.192. The van der Waals surface area contributed by atoms with Crippen molar-refractivity contribution in [2.75, 3.05) is 16.3 Å². The third-order valence-electron chi connectivity index (χ3n) is 4.35. The number of aliphatic carboxylic acids is 1.